The zero-order valence-electron chi connectivity index (χ0n) is 15.5. The van der Waals surface area contributed by atoms with Gasteiger partial charge in [-0.25, -0.2) is 4.98 Å². The normalized spacial score (nSPS) is 10.7. The average molecular weight is 469 g/mol. The van der Waals surface area contributed by atoms with Crippen molar-refractivity contribution in [3.8, 4) is 22.6 Å². The van der Waals surface area contributed by atoms with Gasteiger partial charge in [-0.15, -0.1) is 0 Å². The van der Waals surface area contributed by atoms with Crippen molar-refractivity contribution >= 4 is 48.5 Å². The minimum absolute atomic E-state index is 0.115. The van der Waals surface area contributed by atoms with Crippen molar-refractivity contribution in [2.24, 2.45) is 0 Å². The largest absolute Gasteiger partial charge is 0.494 e. The van der Waals surface area contributed by atoms with Crippen molar-refractivity contribution in [3.05, 3.63) is 71.2 Å². The molecule has 1 heterocycles. The standard InChI is InChI=1S/C22H17BrN2O3S/c1-27-18-8-5-9-19-21(18)25-22(29-19)24-20(26)13-28-17-11-10-15(12-16(17)23)14-6-3-2-4-7-14/h2-12H,13H2,1H3,(H,24,25,26). The quantitative estimate of drug-likeness (QED) is 0.391. The van der Waals surface area contributed by atoms with Gasteiger partial charge in [0.1, 0.15) is 17.0 Å². The summed E-state index contributed by atoms with van der Waals surface area (Å²) in [4.78, 5) is 16.7. The Morgan fingerprint density at radius 2 is 1.86 bits per heavy atom. The second kappa shape index (κ2) is 8.63. The van der Waals surface area contributed by atoms with E-state index in [1.165, 1.54) is 11.3 Å². The molecule has 1 N–H and O–H groups in total. The second-order valence-electron chi connectivity index (χ2n) is 6.17. The number of methoxy groups -OCH3 is 1. The number of hydrogen-bond donors (Lipinski definition) is 1. The number of thiazole rings is 1. The monoisotopic (exact) mass is 468 g/mol. The number of nitrogens with one attached hydrogen (secondary N) is 1. The molecule has 0 saturated heterocycles. The van der Waals surface area contributed by atoms with E-state index in [0.29, 0.717) is 16.6 Å². The molecule has 7 heteroatoms. The summed E-state index contributed by atoms with van der Waals surface area (Å²) < 4.78 is 12.7. The van der Waals surface area contributed by atoms with Gasteiger partial charge in [-0.2, -0.15) is 0 Å². The fourth-order valence-corrected chi connectivity index (χ4v) is 4.26. The zero-order valence-corrected chi connectivity index (χ0v) is 17.9. The van der Waals surface area contributed by atoms with Crippen LogP contribution in [0.1, 0.15) is 0 Å². The van der Waals surface area contributed by atoms with Crippen molar-refractivity contribution in [1.29, 1.82) is 0 Å². The predicted octanol–water partition coefficient (Wildman–Crippen LogP) is 5.75. The van der Waals surface area contributed by atoms with Crippen LogP contribution in [0.4, 0.5) is 5.13 Å². The first kappa shape index (κ1) is 19.4. The Hall–Kier alpha value is -2.90. The lowest BCUT2D eigenvalue weighted by Gasteiger charge is -2.09. The number of amides is 1. The van der Waals surface area contributed by atoms with Crippen molar-refractivity contribution in [2.45, 2.75) is 0 Å². The third-order valence-electron chi connectivity index (χ3n) is 4.25. The minimum atomic E-state index is -0.276. The summed E-state index contributed by atoms with van der Waals surface area (Å²) in [7, 11) is 1.60. The first-order chi connectivity index (χ1) is 14.1. The van der Waals surface area contributed by atoms with E-state index in [1.807, 2.05) is 66.7 Å². The first-order valence-electron chi connectivity index (χ1n) is 8.85. The third-order valence-corrected chi connectivity index (χ3v) is 5.80. The Balaban J connectivity index is 1.41. The molecule has 4 aromatic rings. The Kier molecular flexibility index (Phi) is 5.78. The molecule has 146 valence electrons. The number of nitrogens with zero attached hydrogens (tertiary/aromatic N) is 1. The number of carbonyl (C=O) groups is 1. The molecule has 0 aliphatic rings. The maximum atomic E-state index is 12.3. The molecular formula is C22H17BrN2O3S. The van der Waals surface area contributed by atoms with E-state index >= 15 is 0 Å². The molecule has 4 rings (SSSR count). The molecule has 0 spiro atoms. The van der Waals surface area contributed by atoms with E-state index in [4.69, 9.17) is 9.47 Å². The molecule has 1 amide bonds. The van der Waals surface area contributed by atoms with Gasteiger partial charge in [-0.3, -0.25) is 10.1 Å². The topological polar surface area (TPSA) is 60.5 Å². The third kappa shape index (κ3) is 4.41. The highest BCUT2D eigenvalue weighted by molar-refractivity contribution is 9.10. The molecule has 0 unspecified atom stereocenters. The van der Waals surface area contributed by atoms with Crippen LogP contribution < -0.4 is 14.8 Å². The molecule has 0 bridgehead atoms. The van der Waals surface area contributed by atoms with Crippen LogP contribution in [0.25, 0.3) is 21.3 Å². The Morgan fingerprint density at radius 1 is 1.03 bits per heavy atom. The smallest absolute Gasteiger partial charge is 0.264 e. The highest BCUT2D eigenvalue weighted by atomic mass is 79.9. The molecule has 3 aromatic carbocycles. The summed E-state index contributed by atoms with van der Waals surface area (Å²) in [5.74, 6) is 1.01. The summed E-state index contributed by atoms with van der Waals surface area (Å²) in [5.41, 5.74) is 2.91. The van der Waals surface area contributed by atoms with Crippen molar-refractivity contribution < 1.29 is 14.3 Å². The molecular weight excluding hydrogens is 452 g/mol. The molecule has 0 radical (unpaired) electrons. The summed E-state index contributed by atoms with van der Waals surface area (Å²) >= 11 is 4.91. The lowest BCUT2D eigenvalue weighted by atomic mass is 10.1. The number of fused-ring (bicyclic) bond motifs is 1. The Bertz CT molecular complexity index is 1160. The van der Waals surface area contributed by atoms with Crippen molar-refractivity contribution in [1.82, 2.24) is 4.98 Å². The number of aromatic nitrogens is 1. The van der Waals surface area contributed by atoms with E-state index in [9.17, 15) is 4.79 Å². The summed E-state index contributed by atoms with van der Waals surface area (Å²) in [6.45, 7) is -0.115. The minimum Gasteiger partial charge on any atom is -0.494 e. The van der Waals surface area contributed by atoms with E-state index < -0.39 is 0 Å². The van der Waals surface area contributed by atoms with E-state index in [0.717, 1.165) is 25.8 Å². The van der Waals surface area contributed by atoms with E-state index in [2.05, 4.69) is 26.2 Å². The molecule has 1 aromatic heterocycles. The van der Waals surface area contributed by atoms with Gasteiger partial charge in [-0.1, -0.05) is 53.8 Å². The lowest BCUT2D eigenvalue weighted by Crippen LogP contribution is -2.20. The molecule has 0 aliphatic carbocycles. The number of hydrogen-bond acceptors (Lipinski definition) is 5. The molecule has 5 nitrogen and oxygen atoms in total. The van der Waals surface area contributed by atoms with Crippen LogP contribution in [0.5, 0.6) is 11.5 Å². The number of ether oxygens (including phenoxy) is 2. The van der Waals surface area contributed by atoms with Crippen molar-refractivity contribution in [2.75, 3.05) is 19.0 Å². The summed E-state index contributed by atoms with van der Waals surface area (Å²) in [5, 5.41) is 3.29. The highest BCUT2D eigenvalue weighted by Crippen LogP contribution is 2.33. The van der Waals surface area contributed by atoms with Gasteiger partial charge in [0.15, 0.2) is 11.7 Å². The maximum Gasteiger partial charge on any atom is 0.264 e. The number of para-hydroxylation sites is 1. The Labute approximate surface area is 180 Å². The fourth-order valence-electron chi connectivity index (χ4n) is 2.87. The molecule has 0 atom stereocenters. The number of carbonyl (C=O) groups excluding carboxylic acids is 1. The van der Waals surface area contributed by atoms with Gasteiger partial charge in [0.25, 0.3) is 5.91 Å². The zero-order chi connectivity index (χ0) is 20.2. The van der Waals surface area contributed by atoms with E-state index in [-0.39, 0.29) is 12.5 Å². The summed E-state index contributed by atoms with van der Waals surface area (Å²) in [6, 6.07) is 21.5. The maximum absolute atomic E-state index is 12.3. The fraction of sp³-hybridized carbons (Fsp3) is 0.0909. The van der Waals surface area contributed by atoms with Crippen molar-refractivity contribution in [3.63, 3.8) is 0 Å². The predicted molar refractivity (Wildman–Crippen MR) is 120 cm³/mol. The highest BCUT2D eigenvalue weighted by Gasteiger charge is 2.12. The lowest BCUT2D eigenvalue weighted by molar-refractivity contribution is -0.118. The van der Waals surface area contributed by atoms with Crippen LogP contribution in [-0.2, 0) is 4.79 Å². The van der Waals surface area contributed by atoms with E-state index in [1.54, 1.807) is 7.11 Å². The van der Waals surface area contributed by atoms with Crippen LogP contribution in [0.3, 0.4) is 0 Å². The van der Waals surface area contributed by atoms with Crippen LogP contribution in [0.2, 0.25) is 0 Å². The van der Waals surface area contributed by atoms with Crippen LogP contribution in [0.15, 0.2) is 71.2 Å². The van der Waals surface area contributed by atoms with Crippen LogP contribution >= 0.6 is 27.3 Å². The van der Waals surface area contributed by atoms with Crippen LogP contribution in [-0.4, -0.2) is 24.6 Å². The summed E-state index contributed by atoms with van der Waals surface area (Å²) in [6.07, 6.45) is 0. The van der Waals surface area contributed by atoms with Crippen LogP contribution in [0, 0.1) is 0 Å². The van der Waals surface area contributed by atoms with Gasteiger partial charge < -0.3 is 9.47 Å². The van der Waals surface area contributed by atoms with Gasteiger partial charge in [0, 0.05) is 0 Å². The molecule has 0 saturated carbocycles. The SMILES string of the molecule is COc1cccc2sc(NC(=O)COc3ccc(-c4ccccc4)cc3Br)nc12. The number of anilines is 1. The second-order valence-corrected chi connectivity index (χ2v) is 8.06. The average Bonchev–Trinajstić information content (AvgIpc) is 3.15. The number of halogens is 1. The van der Waals surface area contributed by atoms with Gasteiger partial charge in [0.2, 0.25) is 0 Å². The van der Waals surface area contributed by atoms with Gasteiger partial charge >= 0.3 is 0 Å². The number of benzene rings is 3. The first-order valence-corrected chi connectivity index (χ1v) is 10.5. The number of rotatable bonds is 6. The van der Waals surface area contributed by atoms with Gasteiger partial charge in [0.05, 0.1) is 16.3 Å². The Morgan fingerprint density at radius 3 is 2.62 bits per heavy atom. The van der Waals surface area contributed by atoms with Gasteiger partial charge in [-0.05, 0) is 51.3 Å². The molecule has 0 fully saturated rings. The molecule has 29 heavy (non-hydrogen) atoms. The molecule has 0 aliphatic heterocycles.